The monoisotopic (exact) mass is 966 g/mol. The fourth-order valence-electron chi connectivity index (χ4n) is 9.93. The number of likely N-dealkylation sites (N-methyl/N-ethyl adjacent to an activating group) is 1. The summed E-state index contributed by atoms with van der Waals surface area (Å²) in [5.41, 5.74) is 0.282. The molecule has 0 aliphatic carbocycles. The molecule has 0 radical (unpaired) electrons. The van der Waals surface area contributed by atoms with Crippen molar-refractivity contribution in [3.8, 4) is 0 Å². The van der Waals surface area contributed by atoms with E-state index in [4.69, 9.17) is 25.8 Å². The Morgan fingerprint density at radius 3 is 1.63 bits per heavy atom. The number of carbonyl (C=O) groups is 2. The highest BCUT2D eigenvalue weighted by Gasteiger charge is 2.47. The molecule has 2 heterocycles. The smallest absolute Gasteiger partial charge is 0.267 e. The summed E-state index contributed by atoms with van der Waals surface area (Å²) in [6, 6.07) is 0. The molecule has 0 bridgehead atoms. The number of unbranched alkanes of at least 4 members (excludes halogenated alkanes) is 23. The van der Waals surface area contributed by atoms with Gasteiger partial charge in [0.2, 0.25) is 0 Å². The van der Waals surface area contributed by atoms with Crippen LogP contribution in [-0.4, -0.2) is 97.3 Å². The van der Waals surface area contributed by atoms with E-state index < -0.39 is 6.29 Å². The number of halogens is 1. The van der Waals surface area contributed by atoms with Crippen molar-refractivity contribution < 1.29 is 28.9 Å². The molecule has 0 aromatic rings. The lowest BCUT2D eigenvalue weighted by atomic mass is 10.00. The van der Waals surface area contributed by atoms with E-state index in [1.807, 2.05) is 6.92 Å². The quantitative estimate of drug-likeness (QED) is 0.0353. The van der Waals surface area contributed by atoms with Crippen molar-refractivity contribution in [1.29, 1.82) is 0 Å². The van der Waals surface area contributed by atoms with Gasteiger partial charge in [0.25, 0.3) is 5.91 Å². The number of aliphatic hydroxyl groups is 1. The second kappa shape index (κ2) is 40.4. The Hall–Kier alpha value is -1.23. The summed E-state index contributed by atoms with van der Waals surface area (Å²) >= 11 is 6.49. The van der Waals surface area contributed by atoms with Crippen molar-refractivity contribution in [2.24, 2.45) is 5.92 Å². The van der Waals surface area contributed by atoms with E-state index in [-0.39, 0.29) is 40.2 Å². The number of carbonyl (C=O) groups excluding carboxylic acids is 2. The standard InChI is InChI=1S/C57H108ClN3O6/c1-7-11-14-17-22-29-37-50(10-4)67-57(48-65-57)41-33-26-21-28-35-44-61(45-36-42-59-55-52(62)46-49(5)47-60(6)56(64)54(55)58)43-34-27-20-25-32-40-53(63)66-51(38-30-23-18-15-12-8-2)39-31-24-19-16-13-9-3/h49-51,53,59,63H,7-48H2,1-6H3/b55-54-. The van der Waals surface area contributed by atoms with Crippen LogP contribution >= 0.6 is 11.6 Å². The molecule has 1 fully saturated rings. The van der Waals surface area contributed by atoms with Crippen molar-refractivity contribution >= 4 is 23.3 Å². The number of epoxide rings is 1. The van der Waals surface area contributed by atoms with Crippen molar-refractivity contribution in [3.05, 3.63) is 10.7 Å². The van der Waals surface area contributed by atoms with Gasteiger partial charge in [-0.2, -0.15) is 0 Å². The molecule has 2 aliphatic heterocycles. The third kappa shape index (κ3) is 31.0. The largest absolute Gasteiger partial charge is 0.381 e. The number of nitrogens with zero attached hydrogens (tertiary/aromatic N) is 2. The predicted molar refractivity (Wildman–Crippen MR) is 282 cm³/mol. The van der Waals surface area contributed by atoms with Gasteiger partial charge in [0.05, 0.1) is 12.2 Å². The Balaban J connectivity index is 1.78. The number of amides is 1. The van der Waals surface area contributed by atoms with Crippen molar-refractivity contribution in [2.75, 3.05) is 46.4 Å². The van der Waals surface area contributed by atoms with Crippen LogP contribution < -0.4 is 5.32 Å². The van der Waals surface area contributed by atoms with Gasteiger partial charge in [-0.05, 0) is 89.8 Å². The first-order valence-corrected chi connectivity index (χ1v) is 29.3. The zero-order valence-electron chi connectivity index (χ0n) is 44.8. The van der Waals surface area contributed by atoms with Crippen molar-refractivity contribution in [3.63, 3.8) is 0 Å². The van der Waals surface area contributed by atoms with E-state index in [2.05, 4.69) is 37.9 Å². The van der Waals surface area contributed by atoms with E-state index >= 15 is 0 Å². The second-order valence-corrected chi connectivity index (χ2v) is 21.4. The van der Waals surface area contributed by atoms with Crippen LogP contribution in [0.1, 0.15) is 266 Å². The number of nitrogens with one attached hydrogen (secondary N) is 1. The Labute approximate surface area is 418 Å². The SMILES string of the molecule is CCCCCCCCC(CCCCCCCC)OC(O)CCCCCCCN(CCCCCCCC1(OC(CC)CCCCCCCC)CO1)CCCN/C1=C(\Cl)C(=O)N(C)CC(C)CC1=O. The van der Waals surface area contributed by atoms with Gasteiger partial charge in [0, 0.05) is 33.0 Å². The van der Waals surface area contributed by atoms with Gasteiger partial charge in [-0.3, -0.25) is 9.59 Å². The second-order valence-electron chi connectivity index (χ2n) is 21.0. The third-order valence-electron chi connectivity index (χ3n) is 14.4. The molecule has 2 N–H and O–H groups in total. The number of ether oxygens (including phenoxy) is 3. The molecule has 0 aromatic heterocycles. The highest BCUT2D eigenvalue weighted by molar-refractivity contribution is 6.44. The zero-order chi connectivity index (χ0) is 48.8. The van der Waals surface area contributed by atoms with Crippen LogP contribution in [0, 0.1) is 5.92 Å². The highest BCUT2D eigenvalue weighted by atomic mass is 35.5. The molecule has 394 valence electrons. The van der Waals surface area contributed by atoms with Crippen LogP contribution in [0.4, 0.5) is 0 Å². The minimum absolute atomic E-state index is 0.0144. The molecule has 10 heteroatoms. The molecule has 4 atom stereocenters. The summed E-state index contributed by atoms with van der Waals surface area (Å²) in [6.07, 6.45) is 42.3. The van der Waals surface area contributed by atoms with E-state index in [1.165, 1.54) is 154 Å². The fourth-order valence-corrected chi connectivity index (χ4v) is 10.2. The summed E-state index contributed by atoms with van der Waals surface area (Å²) in [6.45, 7) is 16.0. The molecule has 1 amide bonds. The molecule has 0 spiro atoms. The summed E-state index contributed by atoms with van der Waals surface area (Å²) in [7, 11) is 1.75. The summed E-state index contributed by atoms with van der Waals surface area (Å²) < 4.78 is 18.8. The molecular weight excluding hydrogens is 858 g/mol. The molecule has 2 rings (SSSR count). The van der Waals surface area contributed by atoms with Gasteiger partial charge in [0.1, 0.15) is 17.3 Å². The number of hydrogen-bond donors (Lipinski definition) is 2. The maximum Gasteiger partial charge on any atom is 0.267 e. The lowest BCUT2D eigenvalue weighted by Crippen LogP contribution is -2.38. The van der Waals surface area contributed by atoms with Gasteiger partial charge in [-0.25, -0.2) is 0 Å². The number of aliphatic hydroxyl groups excluding tert-OH is 1. The van der Waals surface area contributed by atoms with Crippen LogP contribution in [0.3, 0.4) is 0 Å². The van der Waals surface area contributed by atoms with Gasteiger partial charge in [-0.1, -0.05) is 200 Å². The van der Waals surface area contributed by atoms with E-state index in [1.54, 1.807) is 11.9 Å². The minimum Gasteiger partial charge on any atom is -0.381 e. The molecule has 4 unspecified atom stereocenters. The summed E-state index contributed by atoms with van der Waals surface area (Å²) in [5, 5.41) is 14.2. The molecular formula is C57H108ClN3O6. The summed E-state index contributed by atoms with van der Waals surface area (Å²) in [4.78, 5) is 30.2. The third-order valence-corrected chi connectivity index (χ3v) is 14.7. The zero-order valence-corrected chi connectivity index (χ0v) is 45.5. The fraction of sp³-hybridized carbons (Fsp3) is 0.930. The minimum atomic E-state index is -0.648. The first kappa shape index (κ1) is 61.9. The van der Waals surface area contributed by atoms with Crippen LogP contribution in [0.25, 0.3) is 0 Å². The van der Waals surface area contributed by atoms with E-state index in [0.717, 1.165) is 96.9 Å². The van der Waals surface area contributed by atoms with Crippen LogP contribution in [-0.2, 0) is 23.8 Å². The lowest BCUT2D eigenvalue weighted by Gasteiger charge is -2.26. The van der Waals surface area contributed by atoms with Gasteiger partial charge in [-0.15, -0.1) is 0 Å². The van der Waals surface area contributed by atoms with Crippen LogP contribution in [0.15, 0.2) is 10.7 Å². The number of rotatable bonds is 47. The Morgan fingerprint density at radius 1 is 0.672 bits per heavy atom. The molecule has 1 saturated heterocycles. The van der Waals surface area contributed by atoms with E-state index in [9.17, 15) is 14.7 Å². The topological polar surface area (TPSA) is 104 Å². The Morgan fingerprint density at radius 2 is 1.12 bits per heavy atom. The van der Waals surface area contributed by atoms with Gasteiger partial charge in [0.15, 0.2) is 17.9 Å². The van der Waals surface area contributed by atoms with Gasteiger partial charge < -0.3 is 34.4 Å². The van der Waals surface area contributed by atoms with Crippen molar-refractivity contribution in [2.45, 2.75) is 290 Å². The Bertz CT molecular complexity index is 1230. The number of ketones is 1. The number of hydrogen-bond acceptors (Lipinski definition) is 8. The normalized spacial score (nSPS) is 20.0. The predicted octanol–water partition coefficient (Wildman–Crippen LogP) is 14.9. The first-order valence-electron chi connectivity index (χ1n) is 28.9. The average molecular weight is 967 g/mol. The highest BCUT2D eigenvalue weighted by Crippen LogP contribution is 2.37. The molecule has 0 saturated carbocycles. The maximum atomic E-state index is 13.1. The molecule has 0 aromatic carbocycles. The summed E-state index contributed by atoms with van der Waals surface area (Å²) in [5.74, 6) is -0.578. The van der Waals surface area contributed by atoms with Crippen LogP contribution in [0.5, 0.6) is 0 Å². The number of Topliss-reactive ketones (excluding diaryl/α,β-unsaturated/α-hetero) is 1. The van der Waals surface area contributed by atoms with Crippen LogP contribution in [0.2, 0.25) is 0 Å². The average Bonchev–Trinajstić information content (AvgIpc) is 4.08. The van der Waals surface area contributed by atoms with E-state index in [0.29, 0.717) is 25.6 Å². The van der Waals surface area contributed by atoms with Crippen molar-refractivity contribution in [1.82, 2.24) is 15.1 Å². The maximum absolute atomic E-state index is 13.1. The number of allylic oxidation sites excluding steroid dienone is 1. The Kier molecular flexibility index (Phi) is 37.3. The molecule has 67 heavy (non-hydrogen) atoms. The molecule has 2 aliphatic rings. The first-order chi connectivity index (χ1) is 32.6. The van der Waals surface area contributed by atoms with Gasteiger partial charge >= 0.3 is 0 Å². The molecule has 9 nitrogen and oxygen atoms in total. The lowest BCUT2D eigenvalue weighted by molar-refractivity contribution is -0.144.